The number of nitrogens with zero attached hydrogens (tertiary/aromatic N) is 6. The van der Waals surface area contributed by atoms with Crippen LogP contribution in [0.1, 0.15) is 54.6 Å². The molecule has 2 amide bonds. The van der Waals surface area contributed by atoms with Crippen LogP contribution in [0.15, 0.2) is 130 Å². The van der Waals surface area contributed by atoms with E-state index in [1.807, 2.05) is 84.9 Å². The molecule has 9 nitrogen and oxygen atoms in total. The predicted molar refractivity (Wildman–Crippen MR) is 196 cm³/mol. The first-order valence-electron chi connectivity index (χ1n) is 16.9. The Hall–Kier alpha value is -6.61. The van der Waals surface area contributed by atoms with Crippen molar-refractivity contribution in [2.45, 2.75) is 12.6 Å². The van der Waals surface area contributed by atoms with E-state index in [2.05, 4.69) is 23.5 Å². The van der Waals surface area contributed by atoms with Gasteiger partial charge in [0, 0.05) is 39.7 Å². The number of nitrogens with one attached hydrogen (secondary N) is 1. The molecular weight excluding hydrogens is 710 g/mol. The van der Waals surface area contributed by atoms with E-state index in [1.165, 1.54) is 4.90 Å². The largest absolute Gasteiger partial charge is 0.449 e. The minimum atomic E-state index is -0.332. The summed E-state index contributed by atoms with van der Waals surface area (Å²) in [6, 6.07) is 36.5. The van der Waals surface area contributed by atoms with E-state index >= 15 is 0 Å². The minimum absolute atomic E-state index is 0. The number of aliphatic imine (C=N–C) groups is 1. The van der Waals surface area contributed by atoms with Crippen LogP contribution < -0.4 is 26.3 Å². The van der Waals surface area contributed by atoms with Crippen molar-refractivity contribution in [3.8, 4) is 0 Å². The van der Waals surface area contributed by atoms with Gasteiger partial charge in [0.05, 0.1) is 17.7 Å². The molecule has 1 N–H and O–H groups in total. The zero-order valence-electron chi connectivity index (χ0n) is 27.6. The maximum Gasteiger partial charge on any atom is 0.261 e. The summed E-state index contributed by atoms with van der Waals surface area (Å²) in [4.78, 5) is 53.1. The summed E-state index contributed by atoms with van der Waals surface area (Å²) in [5.74, 6) is 0.680. The molecular formula is C43H23CuN7O2-4. The average Bonchev–Trinajstić information content (AvgIpc) is 3.96. The maximum atomic E-state index is 13.3. The molecule has 0 saturated carbocycles. The van der Waals surface area contributed by atoms with Crippen LogP contribution in [0, 0.1) is 12.2 Å². The van der Waals surface area contributed by atoms with Gasteiger partial charge in [0.15, 0.2) is 0 Å². The van der Waals surface area contributed by atoms with E-state index < -0.39 is 0 Å². The quantitative estimate of drug-likeness (QED) is 0.128. The van der Waals surface area contributed by atoms with Gasteiger partial charge in [-0.3, -0.25) is 20.6 Å². The van der Waals surface area contributed by atoms with Crippen LogP contribution in [0.3, 0.4) is 0 Å². The van der Waals surface area contributed by atoms with E-state index in [9.17, 15) is 9.59 Å². The standard InChI is InChI=1S/C43H25N7O2.Cu/c51-42-31-15-7-8-16-32(31)43(52)50(42)22-23-17-18-30-33(19-23)41-47-37-21-35(26-11-3-4-12-27(26)37)45-39-29-14-6-5-13-28(29)38(48-39)44-34-20-36(46-40(30)49-41)25-10-2-1-9-24(25)34;/h1-19,35H,22H2,(H3,44,45,46,47,48,49,51,52);/q-2;/p-2. The van der Waals surface area contributed by atoms with Gasteiger partial charge in [-0.1, -0.05) is 84.9 Å². The number of rotatable bonds is 2. The van der Waals surface area contributed by atoms with E-state index in [1.54, 1.807) is 24.3 Å². The molecule has 4 heterocycles. The number of hydrogen-bond donors (Lipinski definition) is 1. The van der Waals surface area contributed by atoms with Crippen molar-refractivity contribution in [3.63, 3.8) is 0 Å². The van der Waals surface area contributed by atoms with Crippen molar-refractivity contribution in [3.05, 3.63) is 177 Å². The molecule has 1 atom stereocenters. The van der Waals surface area contributed by atoms with Crippen molar-refractivity contribution in [2.24, 2.45) is 15.0 Å². The van der Waals surface area contributed by atoms with Crippen LogP contribution in [-0.2, 0) is 23.6 Å². The Morgan fingerprint density at radius 1 is 0.623 bits per heavy atom. The number of amides is 2. The zero-order chi connectivity index (χ0) is 34.5. The van der Waals surface area contributed by atoms with E-state index in [4.69, 9.17) is 24.9 Å². The second-order valence-electron chi connectivity index (χ2n) is 13.1. The first-order chi connectivity index (χ1) is 25.6. The summed E-state index contributed by atoms with van der Waals surface area (Å²) in [6.45, 7) is 0.109. The second-order valence-corrected chi connectivity index (χ2v) is 13.1. The van der Waals surface area contributed by atoms with Gasteiger partial charge in [-0.25, -0.2) is 0 Å². The molecule has 0 spiro atoms. The van der Waals surface area contributed by atoms with Gasteiger partial charge in [0.25, 0.3) is 11.8 Å². The molecule has 53 heavy (non-hydrogen) atoms. The number of carbonyl (C=O) groups excluding carboxylic acids is 2. The van der Waals surface area contributed by atoms with Crippen LogP contribution >= 0.6 is 0 Å². The number of imide groups is 1. The summed E-state index contributed by atoms with van der Waals surface area (Å²) in [5, 5.41) is 7.03. The maximum absolute atomic E-state index is 13.3. The van der Waals surface area contributed by atoms with Gasteiger partial charge >= 0.3 is 0 Å². The molecule has 7 aromatic rings. The smallest absolute Gasteiger partial charge is 0.261 e. The summed E-state index contributed by atoms with van der Waals surface area (Å²) in [7, 11) is 0. The number of fused-ring (bicyclic) bond motifs is 19. The molecule has 11 rings (SSSR count). The molecule has 8 bridgehead atoms. The molecule has 2 aliphatic heterocycles. The first kappa shape index (κ1) is 31.2. The molecule has 1 radical (unpaired) electrons. The monoisotopic (exact) mass is 732 g/mol. The van der Waals surface area contributed by atoms with Crippen molar-refractivity contribution in [1.29, 1.82) is 0 Å². The molecule has 0 fully saturated rings. The summed E-state index contributed by atoms with van der Waals surface area (Å²) < 4.78 is 0. The van der Waals surface area contributed by atoms with Gasteiger partial charge in [-0.2, -0.15) is 28.5 Å². The van der Waals surface area contributed by atoms with Gasteiger partial charge in [-0.15, -0.1) is 35.2 Å². The van der Waals surface area contributed by atoms with Gasteiger partial charge < -0.3 is 30.3 Å². The number of aromatic nitrogens is 2. The molecule has 10 heteroatoms. The Morgan fingerprint density at radius 2 is 1.26 bits per heavy atom. The summed E-state index contributed by atoms with van der Waals surface area (Å²) in [6.07, 6.45) is 7.04. The minimum Gasteiger partial charge on any atom is -0.449 e. The molecule has 5 aromatic carbocycles. The van der Waals surface area contributed by atoms with E-state index in [0.717, 1.165) is 49.4 Å². The van der Waals surface area contributed by atoms with Gasteiger partial charge in [0.2, 0.25) is 0 Å². The number of benzene rings is 5. The van der Waals surface area contributed by atoms with Crippen LogP contribution in [0.25, 0.3) is 32.9 Å². The first-order valence-corrected chi connectivity index (χ1v) is 16.9. The molecule has 257 valence electrons. The van der Waals surface area contributed by atoms with Gasteiger partial charge in [-0.05, 0) is 45.3 Å². The number of hydrogen-bond acceptors (Lipinski definition) is 6. The fraction of sp³-hybridized carbons (Fsp3) is 0.0465. The zero-order valence-corrected chi connectivity index (χ0v) is 28.5. The number of anilines is 1. The molecule has 0 saturated heterocycles. The SMILES string of the molecule is O=C1c2ccccc2C(=O)N1Cc1ccc2c3[n-]c(c2c1)=NC1=[C-]C(Nc2[n-]c(c4ccccc24)/N=C2\[C-]=C(N=3)c3ccccc32)c2ccccc21.[Cu]. The fourth-order valence-corrected chi connectivity index (χ4v) is 7.57. The Labute approximate surface area is 312 Å². The van der Waals surface area contributed by atoms with E-state index in [-0.39, 0.29) is 41.5 Å². The van der Waals surface area contributed by atoms with E-state index in [0.29, 0.717) is 50.8 Å². The van der Waals surface area contributed by atoms with Crippen LogP contribution in [0.5, 0.6) is 0 Å². The van der Waals surface area contributed by atoms with Crippen LogP contribution in [0.4, 0.5) is 11.6 Å². The van der Waals surface area contributed by atoms with Crippen molar-refractivity contribution >= 4 is 62.1 Å². The average molecular weight is 733 g/mol. The topological polar surface area (TPSA) is 115 Å². The summed E-state index contributed by atoms with van der Waals surface area (Å²) in [5.41, 5.74) is 8.17. The van der Waals surface area contributed by atoms with Crippen molar-refractivity contribution < 1.29 is 26.7 Å². The molecule has 1 unspecified atom stereocenters. The number of carbonyl (C=O) groups is 2. The second kappa shape index (κ2) is 11.7. The van der Waals surface area contributed by atoms with Crippen molar-refractivity contribution in [1.82, 2.24) is 14.9 Å². The fourth-order valence-electron chi connectivity index (χ4n) is 7.57. The number of allylic oxidation sites excluding steroid dienone is 1. The Bertz CT molecular complexity index is 2950. The molecule has 2 aliphatic carbocycles. The van der Waals surface area contributed by atoms with Crippen molar-refractivity contribution in [2.75, 3.05) is 5.32 Å². The third-order valence-electron chi connectivity index (χ3n) is 10.1. The third-order valence-corrected chi connectivity index (χ3v) is 10.1. The van der Waals surface area contributed by atoms with Crippen LogP contribution in [-0.4, -0.2) is 22.4 Å². The molecule has 4 aliphatic rings. The summed E-state index contributed by atoms with van der Waals surface area (Å²) >= 11 is 0. The van der Waals surface area contributed by atoms with Gasteiger partial charge in [0.1, 0.15) is 0 Å². The Balaban J connectivity index is 0.00000349. The normalized spacial score (nSPS) is 17.5. The molecule has 2 aromatic heterocycles. The Kier molecular flexibility index (Phi) is 6.88. The third kappa shape index (κ3) is 4.73. The Morgan fingerprint density at radius 3 is 2.06 bits per heavy atom. The predicted octanol–water partition coefficient (Wildman–Crippen LogP) is 6.24. The van der Waals surface area contributed by atoms with Crippen LogP contribution in [0.2, 0.25) is 0 Å².